The second-order valence-corrected chi connectivity index (χ2v) is 7.99. The molecule has 1 aromatic heterocycles. The number of benzene rings is 1. The minimum absolute atomic E-state index is 0.0133. The lowest BCUT2D eigenvalue weighted by Crippen LogP contribution is -2.54. The second-order valence-electron chi connectivity index (χ2n) is 7.99. The van der Waals surface area contributed by atoms with E-state index in [1.54, 1.807) is 11.6 Å². The van der Waals surface area contributed by atoms with Gasteiger partial charge in [-0.25, -0.2) is 9.78 Å². The maximum Gasteiger partial charge on any atom is 0.325 e. The second kappa shape index (κ2) is 6.99. The van der Waals surface area contributed by atoms with Crippen LogP contribution in [-0.4, -0.2) is 44.3 Å². The van der Waals surface area contributed by atoms with Crippen molar-refractivity contribution in [2.45, 2.75) is 44.1 Å². The minimum Gasteiger partial charge on any atom is -0.330 e. The monoisotopic (exact) mass is 393 g/mol. The lowest BCUT2D eigenvalue weighted by atomic mass is 9.73. The Bertz CT molecular complexity index is 1050. The molecule has 0 radical (unpaired) electrons. The van der Waals surface area contributed by atoms with Crippen molar-refractivity contribution in [3.63, 3.8) is 0 Å². The first-order valence-electron chi connectivity index (χ1n) is 9.87. The number of para-hydroxylation sites is 2. The summed E-state index contributed by atoms with van der Waals surface area (Å²) in [5, 5.41) is 12.5. The van der Waals surface area contributed by atoms with Crippen molar-refractivity contribution < 1.29 is 14.4 Å². The number of imidazole rings is 1. The zero-order valence-corrected chi connectivity index (χ0v) is 16.5. The lowest BCUT2D eigenvalue weighted by Gasteiger charge is -2.36. The summed E-state index contributed by atoms with van der Waals surface area (Å²) in [6.45, 7) is 1.53. The molecule has 3 atom stereocenters. The number of amides is 3. The number of nitrogens with one attached hydrogen (secondary N) is 1. The lowest BCUT2D eigenvalue weighted by molar-refractivity contribution is -0.137. The summed E-state index contributed by atoms with van der Waals surface area (Å²) in [4.78, 5) is 44.0. The number of urea groups is 1. The van der Waals surface area contributed by atoms with Gasteiger partial charge >= 0.3 is 6.03 Å². The molecule has 3 amide bonds. The molecular weight excluding hydrogens is 370 g/mol. The molecule has 150 valence electrons. The molecule has 1 N–H and O–H groups in total. The molecule has 0 bridgehead atoms. The van der Waals surface area contributed by atoms with Gasteiger partial charge in [-0.15, -0.1) is 0 Å². The predicted molar refractivity (Wildman–Crippen MR) is 105 cm³/mol. The van der Waals surface area contributed by atoms with Crippen LogP contribution in [0.2, 0.25) is 0 Å². The smallest absolute Gasteiger partial charge is 0.325 e. The van der Waals surface area contributed by atoms with Crippen LogP contribution in [0.4, 0.5) is 4.79 Å². The molecule has 1 aliphatic heterocycles. The first-order chi connectivity index (χ1) is 13.9. The van der Waals surface area contributed by atoms with Crippen molar-refractivity contribution in [1.82, 2.24) is 19.8 Å². The van der Waals surface area contributed by atoms with Gasteiger partial charge in [0.25, 0.3) is 5.91 Å². The average molecular weight is 393 g/mol. The van der Waals surface area contributed by atoms with Gasteiger partial charge in [-0.1, -0.05) is 31.9 Å². The van der Waals surface area contributed by atoms with E-state index in [2.05, 4.69) is 10.3 Å². The Labute approximate surface area is 168 Å². The van der Waals surface area contributed by atoms with E-state index in [1.165, 1.54) is 0 Å². The van der Waals surface area contributed by atoms with Gasteiger partial charge in [0.1, 0.15) is 11.4 Å². The Kier molecular flexibility index (Phi) is 4.61. The van der Waals surface area contributed by atoms with E-state index in [0.717, 1.165) is 29.7 Å². The molecule has 1 saturated carbocycles. The highest BCUT2D eigenvalue weighted by Crippen LogP contribution is 2.38. The topological polar surface area (TPSA) is 108 Å². The Morgan fingerprint density at radius 3 is 2.83 bits per heavy atom. The number of hydrogen-bond acceptors (Lipinski definition) is 5. The number of nitriles is 1. The first-order valence-corrected chi connectivity index (χ1v) is 9.87. The molecule has 29 heavy (non-hydrogen) atoms. The van der Waals surface area contributed by atoms with Crippen LogP contribution >= 0.6 is 0 Å². The number of carbonyl (C=O) groups excluding carboxylic acids is 3. The van der Waals surface area contributed by atoms with E-state index in [1.807, 2.05) is 37.3 Å². The van der Waals surface area contributed by atoms with Gasteiger partial charge in [-0.05, 0) is 30.9 Å². The first kappa shape index (κ1) is 19.1. The predicted octanol–water partition coefficient (Wildman–Crippen LogP) is 2.25. The molecule has 1 saturated heterocycles. The van der Waals surface area contributed by atoms with Crippen LogP contribution in [0.3, 0.4) is 0 Å². The van der Waals surface area contributed by atoms with Gasteiger partial charge < -0.3 is 9.88 Å². The van der Waals surface area contributed by atoms with Crippen molar-refractivity contribution in [2.75, 3.05) is 6.54 Å². The SMILES string of the molecule is CC1CCCCC12NC(=O)N(CC(=O)C(C#N)c1nc3ccccc3n1C)C2=O. The highest BCUT2D eigenvalue weighted by Gasteiger charge is 2.55. The zero-order valence-electron chi connectivity index (χ0n) is 16.5. The van der Waals surface area contributed by atoms with Gasteiger partial charge in [0.05, 0.1) is 23.6 Å². The van der Waals surface area contributed by atoms with Gasteiger partial charge in [-0.3, -0.25) is 14.5 Å². The number of rotatable bonds is 4. The number of nitrogens with zero attached hydrogens (tertiary/aromatic N) is 4. The van der Waals surface area contributed by atoms with Crippen LogP contribution in [-0.2, 0) is 16.6 Å². The number of imide groups is 1. The van der Waals surface area contributed by atoms with Crippen molar-refractivity contribution >= 4 is 28.8 Å². The Hall–Kier alpha value is -3.21. The number of aromatic nitrogens is 2. The molecule has 8 heteroatoms. The van der Waals surface area contributed by atoms with Gasteiger partial charge in [0.15, 0.2) is 11.7 Å². The quantitative estimate of drug-likeness (QED) is 0.802. The van der Waals surface area contributed by atoms with Crippen LogP contribution in [0.25, 0.3) is 11.0 Å². The number of carbonyl (C=O) groups is 3. The number of aryl methyl sites for hydroxylation is 1. The highest BCUT2D eigenvalue weighted by molar-refractivity contribution is 6.10. The number of Topliss-reactive ketones (excluding diaryl/α,β-unsaturated/α-hetero) is 1. The largest absolute Gasteiger partial charge is 0.330 e. The molecule has 1 aromatic carbocycles. The molecule has 8 nitrogen and oxygen atoms in total. The molecule has 2 aromatic rings. The number of hydrogen-bond donors (Lipinski definition) is 1. The summed E-state index contributed by atoms with van der Waals surface area (Å²) in [5.74, 6) is -1.71. The van der Waals surface area contributed by atoms with Crippen molar-refractivity contribution in [1.29, 1.82) is 5.26 Å². The third kappa shape index (κ3) is 2.89. The summed E-state index contributed by atoms with van der Waals surface area (Å²) in [7, 11) is 1.74. The van der Waals surface area contributed by atoms with Gasteiger partial charge in [0.2, 0.25) is 0 Å². The fourth-order valence-electron chi connectivity index (χ4n) is 4.58. The number of ketones is 1. The minimum atomic E-state index is -1.16. The molecule has 4 rings (SSSR count). The van der Waals surface area contributed by atoms with Crippen LogP contribution < -0.4 is 5.32 Å². The van der Waals surface area contributed by atoms with Gasteiger partial charge in [-0.2, -0.15) is 5.26 Å². The van der Waals surface area contributed by atoms with Gasteiger partial charge in [0, 0.05) is 7.05 Å². The Morgan fingerprint density at radius 2 is 2.14 bits per heavy atom. The normalized spacial score (nSPS) is 25.3. The molecule has 1 aliphatic carbocycles. The van der Waals surface area contributed by atoms with Crippen molar-refractivity contribution in [3.8, 4) is 6.07 Å². The van der Waals surface area contributed by atoms with Crippen LogP contribution in [0.1, 0.15) is 44.3 Å². The fraction of sp³-hybridized carbons (Fsp3) is 0.476. The van der Waals surface area contributed by atoms with E-state index < -0.39 is 29.8 Å². The maximum atomic E-state index is 13.1. The van der Waals surface area contributed by atoms with Crippen LogP contribution in [0.15, 0.2) is 24.3 Å². The Morgan fingerprint density at radius 1 is 1.38 bits per heavy atom. The summed E-state index contributed by atoms with van der Waals surface area (Å²) < 4.78 is 1.71. The molecule has 1 spiro atoms. The van der Waals surface area contributed by atoms with E-state index in [-0.39, 0.29) is 11.8 Å². The average Bonchev–Trinajstić information content (AvgIpc) is 3.15. The van der Waals surface area contributed by atoms with Crippen molar-refractivity contribution in [2.24, 2.45) is 13.0 Å². The maximum absolute atomic E-state index is 13.1. The number of fused-ring (bicyclic) bond motifs is 1. The highest BCUT2D eigenvalue weighted by atomic mass is 16.2. The van der Waals surface area contributed by atoms with E-state index in [9.17, 15) is 19.6 Å². The summed E-state index contributed by atoms with van der Waals surface area (Å²) in [6, 6.07) is 8.80. The van der Waals surface area contributed by atoms with Crippen LogP contribution in [0.5, 0.6) is 0 Å². The zero-order chi connectivity index (χ0) is 20.8. The molecule has 2 heterocycles. The molecule has 2 fully saturated rings. The summed E-state index contributed by atoms with van der Waals surface area (Å²) in [5.41, 5.74) is 0.568. The van der Waals surface area contributed by atoms with Crippen molar-refractivity contribution in [3.05, 3.63) is 30.1 Å². The van der Waals surface area contributed by atoms with E-state index in [0.29, 0.717) is 17.8 Å². The third-order valence-corrected chi connectivity index (χ3v) is 6.35. The van der Waals surface area contributed by atoms with E-state index >= 15 is 0 Å². The standard InChI is InChI=1S/C21H23N5O3/c1-13-7-5-6-10-21(13)19(28)26(20(29)24-21)12-17(27)14(11-22)18-23-15-8-3-4-9-16(15)25(18)2/h3-4,8-9,13-14H,5-7,10,12H2,1-2H3,(H,24,29). The van der Waals surface area contributed by atoms with E-state index in [4.69, 9.17) is 0 Å². The fourth-order valence-corrected chi connectivity index (χ4v) is 4.58. The molecular formula is C21H23N5O3. The third-order valence-electron chi connectivity index (χ3n) is 6.35. The summed E-state index contributed by atoms with van der Waals surface area (Å²) in [6.07, 6.45) is 3.32. The Balaban J connectivity index is 1.59. The molecule has 2 aliphatic rings. The van der Waals surface area contributed by atoms with Crippen LogP contribution in [0, 0.1) is 17.2 Å². The molecule has 3 unspecified atom stereocenters. The summed E-state index contributed by atoms with van der Waals surface area (Å²) >= 11 is 0.